The molecule has 240 valence electrons. The number of benzene rings is 2. The lowest BCUT2D eigenvalue weighted by molar-refractivity contribution is -0.418. The fourth-order valence-corrected chi connectivity index (χ4v) is 8.11. The zero-order valence-corrected chi connectivity index (χ0v) is 20.0. The molecule has 4 nitrogen and oxygen atoms in total. The lowest BCUT2D eigenvalue weighted by atomic mass is 9.88. The average Bonchev–Trinajstić information content (AvgIpc) is 2.76. The Hall–Kier alpha value is -2.73. The number of alkyl halides is 12. The molecule has 0 aliphatic rings. The van der Waals surface area contributed by atoms with Crippen LogP contribution < -0.4 is 0 Å². The van der Waals surface area contributed by atoms with Crippen molar-refractivity contribution in [1.82, 2.24) is 0 Å². The molecule has 0 aliphatic carbocycles. The molecule has 0 spiro atoms. The van der Waals surface area contributed by atoms with Crippen molar-refractivity contribution in [2.45, 2.75) is 28.6 Å². The van der Waals surface area contributed by atoms with Gasteiger partial charge >= 0.3 is 24.0 Å². The smallest absolute Gasteiger partial charge is 0.227 e. The summed E-state index contributed by atoms with van der Waals surface area (Å²) in [5.74, 6) is -28.8. The van der Waals surface area contributed by atoms with E-state index in [1.807, 2.05) is 0 Å². The van der Waals surface area contributed by atoms with Gasteiger partial charge in [0.15, 0.2) is 44.7 Å². The number of rotatable bonds is 5. The maximum atomic E-state index is 15.0. The van der Waals surface area contributed by atoms with E-state index < -0.39 is 117 Å². The Morgan fingerprint density at radius 1 is 0.476 bits per heavy atom. The van der Waals surface area contributed by atoms with Crippen LogP contribution in [-0.4, -0.2) is 46.6 Å². The van der Waals surface area contributed by atoms with E-state index in [0.717, 1.165) is 0 Å². The van der Waals surface area contributed by atoms with E-state index in [9.17, 15) is 95.9 Å². The van der Waals surface area contributed by atoms with E-state index in [4.69, 9.17) is 0 Å². The van der Waals surface area contributed by atoms with E-state index in [1.165, 1.54) is 0 Å². The average molecular weight is 696 g/mol. The minimum absolute atomic E-state index is 2.79. The van der Waals surface area contributed by atoms with Crippen molar-refractivity contribution in [1.29, 1.82) is 0 Å². The van der Waals surface area contributed by atoms with Crippen LogP contribution in [0.25, 0.3) is 10.8 Å². The van der Waals surface area contributed by atoms with Gasteiger partial charge in [0.25, 0.3) is 15.3 Å². The fourth-order valence-electron chi connectivity index (χ4n) is 3.46. The number of hydrogen-bond donors (Lipinski definition) is 0. The largest absolute Gasteiger partial charge is 0.499 e. The third-order valence-electron chi connectivity index (χ3n) is 5.41. The molecule has 42 heavy (non-hydrogen) atoms. The zero-order valence-electron chi connectivity index (χ0n) is 18.4. The number of hydrogen-bond acceptors (Lipinski definition) is 4. The molecule has 2 rings (SSSR count). The summed E-state index contributed by atoms with van der Waals surface area (Å²) in [4.78, 5) is 0. The number of sulfone groups is 2. The second-order valence-electron chi connectivity index (χ2n) is 7.89. The quantitative estimate of drug-likeness (QED) is 0.195. The molecule has 0 radical (unpaired) electrons. The first-order chi connectivity index (χ1) is 18.3. The Labute approximate surface area is 217 Å². The van der Waals surface area contributed by atoms with Gasteiger partial charge in [-0.15, -0.1) is 0 Å². The van der Waals surface area contributed by atoms with Crippen molar-refractivity contribution < 1.29 is 100 Å². The molecule has 0 saturated heterocycles. The molecule has 0 amide bonds. The molecule has 1 atom stereocenters. The van der Waals surface area contributed by atoms with Crippen LogP contribution in [0.15, 0.2) is 0 Å². The molecule has 0 saturated carbocycles. The van der Waals surface area contributed by atoms with E-state index in [-0.39, 0.29) is 0 Å². The minimum Gasteiger partial charge on any atom is -0.227 e. The molecule has 0 aliphatic heterocycles. The van der Waals surface area contributed by atoms with E-state index >= 15 is 4.39 Å². The van der Waals surface area contributed by atoms with Crippen molar-refractivity contribution in [2.24, 2.45) is 5.41 Å². The molecule has 2 aromatic carbocycles. The van der Waals surface area contributed by atoms with Gasteiger partial charge < -0.3 is 0 Å². The monoisotopic (exact) mass is 696 g/mol. The SMILES string of the molecule is O=S(=O)(CC(C(F)(F)F)(C(F)(F)F)C(F)(F)F)C(c1c(F)c(F)c2c(F)c(F)c(F)c(F)c2c1F)S(=O)(=O)C(F)(F)F. The highest BCUT2D eigenvalue weighted by Gasteiger charge is 2.85. The van der Waals surface area contributed by atoms with Gasteiger partial charge in [0.1, 0.15) is 5.82 Å². The lowest BCUT2D eigenvalue weighted by Crippen LogP contribution is -2.63. The molecule has 2 aromatic rings. The maximum Gasteiger partial charge on any atom is 0.499 e. The first kappa shape index (κ1) is 35.5. The van der Waals surface area contributed by atoms with Crippen LogP contribution in [0.2, 0.25) is 0 Å². The molecular weight excluding hydrogens is 693 g/mol. The Kier molecular flexibility index (Phi) is 8.36. The second kappa shape index (κ2) is 9.90. The topological polar surface area (TPSA) is 68.3 Å². The first-order valence-corrected chi connectivity index (χ1v) is 12.6. The zero-order chi connectivity index (χ0) is 33.6. The van der Waals surface area contributed by atoms with Crippen LogP contribution in [0.5, 0.6) is 0 Å². The van der Waals surface area contributed by atoms with Gasteiger partial charge in [-0.1, -0.05) is 0 Å². The lowest BCUT2D eigenvalue weighted by Gasteiger charge is -2.38. The highest BCUT2D eigenvalue weighted by atomic mass is 32.3. The molecule has 0 aromatic heterocycles. The van der Waals surface area contributed by atoms with Gasteiger partial charge in [0, 0.05) is 0 Å². The predicted octanol–water partition coefficient (Wildman–Crippen LogP) is 6.83. The Bertz CT molecular complexity index is 1610. The van der Waals surface area contributed by atoms with Crippen molar-refractivity contribution in [3.63, 3.8) is 0 Å². The van der Waals surface area contributed by atoms with Crippen LogP contribution in [0.3, 0.4) is 0 Å². The normalized spacial score (nSPS) is 15.4. The van der Waals surface area contributed by atoms with Crippen LogP contribution in [0, 0.1) is 46.1 Å². The summed E-state index contributed by atoms with van der Waals surface area (Å²) in [5, 5.41) is -5.78. The van der Waals surface area contributed by atoms with Crippen molar-refractivity contribution in [2.75, 3.05) is 5.75 Å². The Morgan fingerprint density at radius 2 is 0.786 bits per heavy atom. The summed E-state index contributed by atoms with van der Waals surface area (Å²) in [5.41, 5.74) is -18.9. The van der Waals surface area contributed by atoms with Crippen molar-refractivity contribution in [3.8, 4) is 0 Å². The van der Waals surface area contributed by atoms with Gasteiger partial charge in [-0.05, 0) is 0 Å². The van der Waals surface area contributed by atoms with Crippen molar-refractivity contribution in [3.05, 3.63) is 46.3 Å². The van der Waals surface area contributed by atoms with Gasteiger partial charge in [-0.3, -0.25) is 0 Å². The summed E-state index contributed by atoms with van der Waals surface area (Å²) in [7, 11) is -16.5. The van der Waals surface area contributed by atoms with E-state index in [2.05, 4.69) is 0 Å². The van der Waals surface area contributed by atoms with Gasteiger partial charge in [-0.2, -0.15) is 52.7 Å². The summed E-state index contributed by atoms with van der Waals surface area (Å²) in [6.07, 6.45) is -23.8. The van der Waals surface area contributed by atoms with Crippen LogP contribution in [-0.2, 0) is 19.7 Å². The first-order valence-electron chi connectivity index (χ1n) is 9.36. The third-order valence-corrected chi connectivity index (χ3v) is 10.2. The highest BCUT2D eigenvalue weighted by molar-refractivity contribution is 8.08. The summed E-state index contributed by atoms with van der Waals surface area (Å²) < 4.78 is 301. The fraction of sp³-hybridized carbons (Fsp3) is 0.412. The third kappa shape index (κ3) is 4.98. The molecular formula is C17H3F19O4S2. The summed E-state index contributed by atoms with van der Waals surface area (Å²) in [6.45, 7) is 0. The van der Waals surface area contributed by atoms with Crippen LogP contribution in [0.4, 0.5) is 83.4 Å². The number of halogens is 19. The second-order valence-corrected chi connectivity index (χ2v) is 12.3. The van der Waals surface area contributed by atoms with Crippen LogP contribution in [0.1, 0.15) is 10.1 Å². The molecule has 0 heterocycles. The Balaban J connectivity index is 3.30. The van der Waals surface area contributed by atoms with Crippen LogP contribution >= 0.6 is 0 Å². The molecule has 25 heteroatoms. The molecule has 0 N–H and O–H groups in total. The molecule has 0 fully saturated rings. The molecule has 0 bridgehead atoms. The van der Waals surface area contributed by atoms with E-state index in [1.54, 1.807) is 0 Å². The number of fused-ring (bicyclic) bond motifs is 1. The van der Waals surface area contributed by atoms with Gasteiger partial charge in [-0.25, -0.2) is 47.6 Å². The maximum absolute atomic E-state index is 15.0. The van der Waals surface area contributed by atoms with Gasteiger partial charge in [0.2, 0.25) is 4.58 Å². The van der Waals surface area contributed by atoms with Crippen molar-refractivity contribution >= 4 is 30.4 Å². The minimum atomic E-state index is -8.35. The summed E-state index contributed by atoms with van der Waals surface area (Å²) in [6, 6.07) is 0. The highest BCUT2D eigenvalue weighted by Crippen LogP contribution is 2.61. The summed E-state index contributed by atoms with van der Waals surface area (Å²) >= 11 is 0. The van der Waals surface area contributed by atoms with Gasteiger partial charge in [0.05, 0.1) is 22.1 Å². The molecule has 1 unspecified atom stereocenters. The predicted molar refractivity (Wildman–Crippen MR) is 95.8 cm³/mol. The van der Waals surface area contributed by atoms with E-state index in [0.29, 0.717) is 0 Å². The standard InChI is InChI=1S/C17H3F19O4S2/c18-5-2-3(8(21)11(24)10(23)7(2)20)6(19)9(22)4(5)12(42(39,40)17(34,35)36)41(37,38)1-13(14(25,26)27,15(28,29)30)16(31,32)33/h12H,1H2. The Morgan fingerprint density at radius 3 is 1.10 bits per heavy atom.